The fourth-order valence-corrected chi connectivity index (χ4v) is 3.37. The summed E-state index contributed by atoms with van der Waals surface area (Å²) >= 11 is 9.70. The molecule has 1 aliphatic carbocycles. The topological polar surface area (TPSA) is 25.2 Å². The molecule has 4 heteroatoms. The van der Waals surface area contributed by atoms with Crippen molar-refractivity contribution >= 4 is 38.5 Å². The molecular formula is C15H17BrClNO. The molecule has 1 aliphatic rings. The molecule has 0 saturated heterocycles. The van der Waals surface area contributed by atoms with Gasteiger partial charge in [0.15, 0.2) is 0 Å². The van der Waals surface area contributed by atoms with Crippen molar-refractivity contribution in [1.29, 1.82) is 0 Å². The molecule has 1 aromatic heterocycles. The van der Waals surface area contributed by atoms with E-state index in [2.05, 4.69) is 35.1 Å². The molecule has 102 valence electrons. The fourth-order valence-electron chi connectivity index (χ4n) is 2.48. The SMILES string of the molecule is CC(C)c1c(CNC2CC2)oc2c(Br)cc(Cl)cc12. The second-order valence-electron chi connectivity index (χ2n) is 5.51. The molecule has 0 spiro atoms. The molecular weight excluding hydrogens is 326 g/mol. The van der Waals surface area contributed by atoms with Gasteiger partial charge in [-0.1, -0.05) is 25.4 Å². The van der Waals surface area contributed by atoms with Crippen LogP contribution in [0.3, 0.4) is 0 Å². The van der Waals surface area contributed by atoms with E-state index in [4.69, 9.17) is 16.0 Å². The Kier molecular flexibility index (Phi) is 3.63. The summed E-state index contributed by atoms with van der Waals surface area (Å²) in [6.07, 6.45) is 2.57. The Morgan fingerprint density at radius 3 is 2.79 bits per heavy atom. The van der Waals surface area contributed by atoms with Crippen molar-refractivity contribution in [3.05, 3.63) is 33.0 Å². The predicted molar refractivity (Wildman–Crippen MR) is 82.9 cm³/mol. The summed E-state index contributed by atoms with van der Waals surface area (Å²) in [6, 6.07) is 4.57. The van der Waals surface area contributed by atoms with Crippen molar-refractivity contribution in [1.82, 2.24) is 5.32 Å². The number of furan rings is 1. The first-order valence-electron chi connectivity index (χ1n) is 6.70. The number of fused-ring (bicyclic) bond motifs is 1. The lowest BCUT2D eigenvalue weighted by Crippen LogP contribution is -2.15. The minimum absolute atomic E-state index is 0.419. The largest absolute Gasteiger partial charge is 0.458 e. The Bertz CT molecular complexity index is 616. The van der Waals surface area contributed by atoms with E-state index in [1.807, 2.05) is 12.1 Å². The van der Waals surface area contributed by atoms with E-state index < -0.39 is 0 Å². The second kappa shape index (κ2) is 5.12. The van der Waals surface area contributed by atoms with Gasteiger partial charge in [0.25, 0.3) is 0 Å². The quantitative estimate of drug-likeness (QED) is 0.823. The molecule has 19 heavy (non-hydrogen) atoms. The molecule has 0 unspecified atom stereocenters. The number of hydrogen-bond acceptors (Lipinski definition) is 2. The van der Waals surface area contributed by atoms with Crippen molar-refractivity contribution in [2.75, 3.05) is 0 Å². The van der Waals surface area contributed by atoms with Gasteiger partial charge in [-0.3, -0.25) is 0 Å². The third-order valence-corrected chi connectivity index (χ3v) is 4.34. The Morgan fingerprint density at radius 2 is 2.16 bits per heavy atom. The zero-order valence-electron chi connectivity index (χ0n) is 11.1. The van der Waals surface area contributed by atoms with Crippen molar-refractivity contribution in [3.8, 4) is 0 Å². The molecule has 0 bridgehead atoms. The van der Waals surface area contributed by atoms with Crippen molar-refractivity contribution in [3.63, 3.8) is 0 Å². The summed E-state index contributed by atoms with van der Waals surface area (Å²) in [5.41, 5.74) is 2.17. The third-order valence-electron chi connectivity index (χ3n) is 3.53. The first-order chi connectivity index (χ1) is 9.06. The lowest BCUT2D eigenvalue weighted by molar-refractivity contribution is 0.502. The lowest BCUT2D eigenvalue weighted by Gasteiger charge is -2.07. The molecule has 1 aromatic carbocycles. The molecule has 2 nitrogen and oxygen atoms in total. The Hall–Kier alpha value is -0.510. The van der Waals surface area contributed by atoms with E-state index in [-0.39, 0.29) is 0 Å². The molecule has 1 N–H and O–H groups in total. The maximum atomic E-state index is 6.16. The first-order valence-corrected chi connectivity index (χ1v) is 7.87. The molecule has 0 radical (unpaired) electrons. The van der Waals surface area contributed by atoms with Crippen LogP contribution in [0.5, 0.6) is 0 Å². The van der Waals surface area contributed by atoms with Crippen LogP contribution >= 0.6 is 27.5 Å². The van der Waals surface area contributed by atoms with E-state index in [1.54, 1.807) is 0 Å². The van der Waals surface area contributed by atoms with Crippen LogP contribution < -0.4 is 5.32 Å². The van der Waals surface area contributed by atoms with Gasteiger partial charge in [-0.05, 0) is 46.8 Å². The van der Waals surface area contributed by atoms with E-state index in [9.17, 15) is 0 Å². The number of hydrogen-bond donors (Lipinski definition) is 1. The standard InChI is InChI=1S/C15H17BrClNO/c1-8(2)14-11-5-9(17)6-12(16)15(11)19-13(14)7-18-10-3-4-10/h5-6,8,10,18H,3-4,7H2,1-2H3. The summed E-state index contributed by atoms with van der Waals surface area (Å²) in [5.74, 6) is 1.46. The molecule has 0 atom stereocenters. The third kappa shape index (κ3) is 2.69. The number of halogens is 2. The summed E-state index contributed by atoms with van der Waals surface area (Å²) in [7, 11) is 0. The van der Waals surface area contributed by atoms with Crippen molar-refractivity contribution < 1.29 is 4.42 Å². The Labute approximate surface area is 126 Å². The van der Waals surface area contributed by atoms with Crippen LogP contribution in [-0.2, 0) is 6.54 Å². The maximum Gasteiger partial charge on any atom is 0.148 e. The Morgan fingerprint density at radius 1 is 1.42 bits per heavy atom. The van der Waals surface area contributed by atoms with Crippen LogP contribution in [-0.4, -0.2) is 6.04 Å². The molecule has 2 aromatic rings. The highest BCUT2D eigenvalue weighted by molar-refractivity contribution is 9.10. The van der Waals surface area contributed by atoms with E-state index in [0.29, 0.717) is 12.0 Å². The van der Waals surface area contributed by atoms with E-state index in [1.165, 1.54) is 18.4 Å². The van der Waals surface area contributed by atoms with Crippen LogP contribution in [0, 0.1) is 0 Å². The highest BCUT2D eigenvalue weighted by Crippen LogP contribution is 2.38. The van der Waals surface area contributed by atoms with Gasteiger partial charge in [-0.25, -0.2) is 0 Å². The van der Waals surface area contributed by atoms with Crippen molar-refractivity contribution in [2.45, 2.75) is 45.2 Å². The number of benzene rings is 1. The van der Waals surface area contributed by atoms with Gasteiger partial charge < -0.3 is 9.73 Å². The van der Waals surface area contributed by atoms with Crippen LogP contribution in [0.2, 0.25) is 5.02 Å². The van der Waals surface area contributed by atoms with Gasteiger partial charge in [0.2, 0.25) is 0 Å². The molecule has 0 amide bonds. The van der Waals surface area contributed by atoms with Crippen LogP contribution in [0.1, 0.15) is 43.9 Å². The van der Waals surface area contributed by atoms with E-state index >= 15 is 0 Å². The summed E-state index contributed by atoms with van der Waals surface area (Å²) in [5, 5.41) is 5.39. The summed E-state index contributed by atoms with van der Waals surface area (Å²) in [6.45, 7) is 5.19. The maximum absolute atomic E-state index is 6.16. The minimum Gasteiger partial charge on any atom is -0.458 e. The molecule has 0 aliphatic heterocycles. The first kappa shape index (κ1) is 13.5. The van der Waals surface area contributed by atoms with Gasteiger partial charge in [0, 0.05) is 22.0 Å². The van der Waals surface area contributed by atoms with Gasteiger partial charge >= 0.3 is 0 Å². The van der Waals surface area contributed by atoms with Crippen LogP contribution in [0.25, 0.3) is 11.0 Å². The molecule has 1 heterocycles. The van der Waals surface area contributed by atoms with E-state index in [0.717, 1.165) is 32.8 Å². The van der Waals surface area contributed by atoms with Crippen LogP contribution in [0.15, 0.2) is 21.0 Å². The van der Waals surface area contributed by atoms with Gasteiger partial charge in [-0.15, -0.1) is 0 Å². The molecule has 1 saturated carbocycles. The van der Waals surface area contributed by atoms with Crippen molar-refractivity contribution in [2.24, 2.45) is 0 Å². The minimum atomic E-state index is 0.419. The summed E-state index contributed by atoms with van der Waals surface area (Å²) < 4.78 is 6.98. The van der Waals surface area contributed by atoms with Gasteiger partial charge in [-0.2, -0.15) is 0 Å². The monoisotopic (exact) mass is 341 g/mol. The molecule has 1 fully saturated rings. The van der Waals surface area contributed by atoms with Gasteiger partial charge in [0.1, 0.15) is 11.3 Å². The normalized spacial score (nSPS) is 15.6. The highest BCUT2D eigenvalue weighted by atomic mass is 79.9. The smallest absolute Gasteiger partial charge is 0.148 e. The highest BCUT2D eigenvalue weighted by Gasteiger charge is 2.24. The average molecular weight is 343 g/mol. The van der Waals surface area contributed by atoms with Crippen LogP contribution in [0.4, 0.5) is 0 Å². The summed E-state index contributed by atoms with van der Waals surface area (Å²) in [4.78, 5) is 0. The predicted octanol–water partition coefficient (Wildman–Crippen LogP) is 5.22. The van der Waals surface area contributed by atoms with Gasteiger partial charge in [0.05, 0.1) is 11.0 Å². The average Bonchev–Trinajstić information content (AvgIpc) is 3.07. The lowest BCUT2D eigenvalue weighted by atomic mass is 9.99. The number of rotatable bonds is 4. The zero-order valence-corrected chi connectivity index (χ0v) is 13.4. The Balaban J connectivity index is 2.08. The second-order valence-corrected chi connectivity index (χ2v) is 6.80. The number of nitrogens with one attached hydrogen (secondary N) is 1. The zero-order chi connectivity index (χ0) is 13.6. The fraction of sp³-hybridized carbons (Fsp3) is 0.467. The molecule has 3 rings (SSSR count).